The highest BCUT2D eigenvalue weighted by Crippen LogP contribution is 2.52. The Kier molecular flexibility index (Phi) is 4.73. The number of hydrogen-bond acceptors (Lipinski definition) is 5. The van der Waals surface area contributed by atoms with Gasteiger partial charge in [-0.05, 0) is 62.4 Å². The lowest BCUT2D eigenvalue weighted by Gasteiger charge is -2.13. The standard InChI is InChI=1S/C24H24N4O4/c1-13-9-17(14(2)27(13)18-5-7-19(8-6-18)32-12-20(25)29)11-26-28-23(30)21-15-3-4-16(10-15)22(21)24(28)31/h3-9,11,15-16,21-22H,10,12H2,1-2H3,(H2,25,29)/t15-,16-,21-,22+/m0/s1. The first-order chi connectivity index (χ1) is 15.3. The van der Waals surface area contributed by atoms with Crippen molar-refractivity contribution in [2.45, 2.75) is 20.3 Å². The number of amides is 3. The van der Waals surface area contributed by atoms with Crippen molar-refractivity contribution in [2.75, 3.05) is 6.61 Å². The third-order valence-electron chi connectivity index (χ3n) is 6.71. The van der Waals surface area contributed by atoms with E-state index in [9.17, 15) is 14.4 Å². The number of benzene rings is 1. The second-order valence-corrected chi connectivity index (χ2v) is 8.64. The number of nitrogens with two attached hydrogens (primary N) is 1. The molecule has 0 radical (unpaired) electrons. The fraction of sp³-hybridized carbons (Fsp3) is 0.333. The molecule has 32 heavy (non-hydrogen) atoms. The van der Waals surface area contributed by atoms with E-state index in [4.69, 9.17) is 10.5 Å². The number of carbonyl (C=O) groups excluding carboxylic acids is 3. The van der Waals surface area contributed by atoms with Crippen molar-refractivity contribution in [1.29, 1.82) is 0 Å². The third-order valence-corrected chi connectivity index (χ3v) is 6.71. The Morgan fingerprint density at radius 3 is 2.34 bits per heavy atom. The van der Waals surface area contributed by atoms with Crippen LogP contribution in [-0.4, -0.2) is 40.1 Å². The summed E-state index contributed by atoms with van der Waals surface area (Å²) in [6.07, 6.45) is 6.64. The van der Waals surface area contributed by atoms with Gasteiger partial charge in [0.05, 0.1) is 18.1 Å². The number of hydrogen-bond donors (Lipinski definition) is 1. The Bertz CT molecular complexity index is 1150. The average molecular weight is 432 g/mol. The Hall–Kier alpha value is -3.68. The first kappa shape index (κ1) is 20.2. The average Bonchev–Trinajstić information content (AvgIpc) is 3.50. The molecule has 0 spiro atoms. The van der Waals surface area contributed by atoms with Crippen molar-refractivity contribution >= 4 is 23.9 Å². The quantitative estimate of drug-likeness (QED) is 0.428. The zero-order valence-corrected chi connectivity index (χ0v) is 17.9. The summed E-state index contributed by atoms with van der Waals surface area (Å²) < 4.78 is 7.36. The molecule has 3 aliphatic rings. The number of nitrogens with zero attached hydrogens (tertiary/aromatic N) is 3. The van der Waals surface area contributed by atoms with Crippen molar-refractivity contribution < 1.29 is 19.1 Å². The van der Waals surface area contributed by atoms with E-state index < -0.39 is 5.91 Å². The maximum Gasteiger partial charge on any atom is 0.255 e. The van der Waals surface area contributed by atoms with Crippen LogP contribution in [0.5, 0.6) is 5.75 Å². The van der Waals surface area contributed by atoms with Gasteiger partial charge in [-0.1, -0.05) is 12.2 Å². The minimum Gasteiger partial charge on any atom is -0.484 e. The zero-order chi connectivity index (χ0) is 22.6. The monoisotopic (exact) mass is 432 g/mol. The smallest absolute Gasteiger partial charge is 0.255 e. The predicted molar refractivity (Wildman–Crippen MR) is 117 cm³/mol. The SMILES string of the molecule is Cc1cc(C=NN2C(=O)[C@@H]3[C@H](C2=O)[C@H]2C=C[C@H]3C2)c(C)n1-c1ccc(OCC(N)=O)cc1. The number of aryl methyl sites for hydroxylation is 1. The highest BCUT2D eigenvalue weighted by atomic mass is 16.5. The number of primary amides is 1. The van der Waals surface area contributed by atoms with Crippen LogP contribution in [0.3, 0.4) is 0 Å². The third kappa shape index (κ3) is 3.14. The van der Waals surface area contributed by atoms with Gasteiger partial charge in [0.1, 0.15) is 5.75 Å². The van der Waals surface area contributed by atoms with Crippen LogP contribution >= 0.6 is 0 Å². The van der Waals surface area contributed by atoms with Gasteiger partial charge in [-0.25, -0.2) is 0 Å². The largest absolute Gasteiger partial charge is 0.484 e. The molecule has 2 aliphatic carbocycles. The van der Waals surface area contributed by atoms with E-state index in [-0.39, 0.29) is 42.1 Å². The predicted octanol–water partition coefficient (Wildman–Crippen LogP) is 2.10. The number of fused-ring (bicyclic) bond motifs is 5. The molecule has 3 amide bonds. The molecule has 2 bridgehead atoms. The summed E-state index contributed by atoms with van der Waals surface area (Å²) >= 11 is 0. The van der Waals surface area contributed by atoms with Crippen molar-refractivity contribution in [3.63, 3.8) is 0 Å². The number of carbonyl (C=O) groups is 3. The Balaban J connectivity index is 1.36. The molecule has 2 aromatic rings. The summed E-state index contributed by atoms with van der Waals surface area (Å²) in [7, 11) is 0. The summed E-state index contributed by atoms with van der Waals surface area (Å²) in [5.74, 6) is -0.519. The molecule has 2 fully saturated rings. The molecule has 8 nitrogen and oxygen atoms in total. The van der Waals surface area contributed by atoms with Gasteiger partial charge in [-0.15, -0.1) is 0 Å². The summed E-state index contributed by atoms with van der Waals surface area (Å²) in [5, 5.41) is 5.37. The number of rotatable bonds is 6. The van der Waals surface area contributed by atoms with Gasteiger partial charge in [0.25, 0.3) is 17.7 Å². The highest BCUT2D eigenvalue weighted by Gasteiger charge is 2.59. The van der Waals surface area contributed by atoms with E-state index in [0.29, 0.717) is 5.75 Å². The molecule has 1 saturated carbocycles. The zero-order valence-electron chi connectivity index (χ0n) is 17.9. The molecule has 1 aromatic heterocycles. The van der Waals surface area contributed by atoms with Crippen LogP contribution in [0, 0.1) is 37.5 Å². The van der Waals surface area contributed by atoms with Crippen molar-refractivity contribution in [2.24, 2.45) is 34.5 Å². The van der Waals surface area contributed by atoms with Gasteiger partial charge >= 0.3 is 0 Å². The van der Waals surface area contributed by atoms with Gasteiger partial charge in [0, 0.05) is 22.6 Å². The molecule has 5 rings (SSSR count). The van der Waals surface area contributed by atoms with Gasteiger partial charge in [-0.3, -0.25) is 14.4 Å². The van der Waals surface area contributed by atoms with Crippen LogP contribution in [0.2, 0.25) is 0 Å². The Labute approximate surface area is 185 Å². The Morgan fingerprint density at radius 2 is 1.75 bits per heavy atom. The lowest BCUT2D eigenvalue weighted by Crippen LogP contribution is -2.28. The minimum absolute atomic E-state index is 0.168. The molecular weight excluding hydrogens is 408 g/mol. The van der Waals surface area contributed by atoms with Crippen LogP contribution in [0.4, 0.5) is 0 Å². The van der Waals surface area contributed by atoms with Crippen molar-refractivity contribution in [1.82, 2.24) is 9.58 Å². The van der Waals surface area contributed by atoms with Crippen LogP contribution in [0.15, 0.2) is 47.6 Å². The molecule has 2 heterocycles. The van der Waals surface area contributed by atoms with E-state index in [1.807, 2.05) is 36.6 Å². The molecule has 0 unspecified atom stereocenters. The normalized spacial score (nSPS) is 25.9. The molecule has 2 N–H and O–H groups in total. The van der Waals surface area contributed by atoms with E-state index in [2.05, 4.69) is 17.3 Å². The highest BCUT2D eigenvalue weighted by molar-refractivity contribution is 6.06. The molecular formula is C24H24N4O4. The second kappa shape index (κ2) is 7.47. The van der Waals surface area contributed by atoms with E-state index in [1.54, 1.807) is 18.3 Å². The van der Waals surface area contributed by atoms with E-state index in [0.717, 1.165) is 34.1 Å². The lowest BCUT2D eigenvalue weighted by molar-refractivity contribution is -0.140. The summed E-state index contributed by atoms with van der Waals surface area (Å²) in [6, 6.07) is 9.28. The van der Waals surface area contributed by atoms with E-state index in [1.165, 1.54) is 0 Å². The van der Waals surface area contributed by atoms with Crippen LogP contribution < -0.4 is 10.5 Å². The summed E-state index contributed by atoms with van der Waals surface area (Å²) in [6.45, 7) is 3.76. The number of hydrazone groups is 1. The van der Waals surface area contributed by atoms with Crippen LogP contribution in [-0.2, 0) is 14.4 Å². The summed E-state index contributed by atoms with van der Waals surface area (Å²) in [4.78, 5) is 36.5. The van der Waals surface area contributed by atoms with Gasteiger partial charge < -0.3 is 15.0 Å². The molecule has 1 saturated heterocycles. The number of imide groups is 1. The number of ether oxygens (including phenoxy) is 1. The van der Waals surface area contributed by atoms with Crippen LogP contribution in [0.1, 0.15) is 23.4 Å². The van der Waals surface area contributed by atoms with Crippen molar-refractivity contribution in [3.05, 3.63) is 59.4 Å². The molecule has 1 aromatic carbocycles. The first-order valence-electron chi connectivity index (χ1n) is 10.7. The fourth-order valence-corrected chi connectivity index (χ4v) is 5.28. The minimum atomic E-state index is -0.530. The Morgan fingerprint density at radius 1 is 1.12 bits per heavy atom. The van der Waals surface area contributed by atoms with Crippen molar-refractivity contribution in [3.8, 4) is 11.4 Å². The lowest BCUT2D eigenvalue weighted by atomic mass is 9.85. The molecule has 164 valence electrons. The maximum absolute atomic E-state index is 12.8. The second-order valence-electron chi connectivity index (χ2n) is 8.64. The summed E-state index contributed by atoms with van der Waals surface area (Å²) in [5.41, 5.74) is 8.76. The maximum atomic E-state index is 12.8. The number of aromatic nitrogens is 1. The van der Waals surface area contributed by atoms with Crippen LogP contribution in [0.25, 0.3) is 5.69 Å². The molecule has 1 aliphatic heterocycles. The number of allylic oxidation sites excluding steroid dienone is 2. The van der Waals surface area contributed by atoms with Gasteiger partial charge in [0.2, 0.25) is 0 Å². The van der Waals surface area contributed by atoms with Gasteiger partial charge in [0.15, 0.2) is 6.61 Å². The molecule has 8 heteroatoms. The van der Waals surface area contributed by atoms with Gasteiger partial charge in [-0.2, -0.15) is 10.1 Å². The fourth-order valence-electron chi connectivity index (χ4n) is 5.28. The topological polar surface area (TPSA) is 107 Å². The molecule has 4 atom stereocenters. The van der Waals surface area contributed by atoms with E-state index >= 15 is 0 Å². The first-order valence-corrected chi connectivity index (χ1v) is 10.7.